The van der Waals surface area contributed by atoms with Crippen molar-refractivity contribution in [1.82, 2.24) is 30.0 Å². The lowest BCUT2D eigenvalue weighted by molar-refractivity contribution is 0.00497. The van der Waals surface area contributed by atoms with Crippen molar-refractivity contribution in [3.05, 3.63) is 30.3 Å². The van der Waals surface area contributed by atoms with E-state index in [1.807, 2.05) is 0 Å². The molecule has 0 radical (unpaired) electrons. The van der Waals surface area contributed by atoms with Crippen molar-refractivity contribution in [2.45, 2.75) is 18.4 Å². The van der Waals surface area contributed by atoms with Crippen molar-refractivity contribution in [3.8, 4) is 5.69 Å². The van der Waals surface area contributed by atoms with Gasteiger partial charge in [-0.1, -0.05) is 0 Å². The molecule has 2 aliphatic heterocycles. The Bertz CT molecular complexity index is 875. The number of piperidine rings is 1. The molecule has 1 N–H and O–H groups in total. The van der Waals surface area contributed by atoms with Gasteiger partial charge in [-0.3, -0.25) is 0 Å². The number of carbonyl (C=O) groups excluding carboxylic acids is 2. The highest BCUT2D eigenvalue weighted by Crippen LogP contribution is 2.31. The second kappa shape index (κ2) is 6.49. The van der Waals surface area contributed by atoms with Crippen LogP contribution >= 0.6 is 0 Å². The van der Waals surface area contributed by atoms with Gasteiger partial charge < -0.3 is 19.9 Å². The fourth-order valence-electron chi connectivity index (χ4n) is 3.50. The van der Waals surface area contributed by atoms with Gasteiger partial charge in [0.15, 0.2) is 0 Å². The first-order valence-electron chi connectivity index (χ1n) is 8.49. The predicted molar refractivity (Wildman–Crippen MR) is 90.8 cm³/mol. The Hall–Kier alpha value is -3.24. The Balaban J connectivity index is 1.49. The molecule has 2 aromatic rings. The number of urea groups is 1. The number of likely N-dealkylation sites (N-methyl/N-ethyl adjacent to an activating group) is 1. The van der Waals surface area contributed by atoms with Gasteiger partial charge in [0.1, 0.15) is 17.7 Å². The summed E-state index contributed by atoms with van der Waals surface area (Å²) in [6.07, 6.45) is 2.37. The van der Waals surface area contributed by atoms with Crippen molar-refractivity contribution >= 4 is 17.8 Å². The van der Waals surface area contributed by atoms with Crippen LogP contribution in [-0.4, -0.2) is 74.4 Å². The number of hydrogen-bond acceptors (Lipinski definition) is 6. The van der Waals surface area contributed by atoms with E-state index in [2.05, 4.69) is 20.8 Å². The van der Waals surface area contributed by atoms with Gasteiger partial charge >= 0.3 is 12.1 Å². The van der Waals surface area contributed by atoms with Gasteiger partial charge in [0.05, 0.1) is 24.5 Å². The number of anilines is 1. The van der Waals surface area contributed by atoms with Crippen LogP contribution in [0.3, 0.4) is 0 Å². The summed E-state index contributed by atoms with van der Waals surface area (Å²) in [5.41, 5.74) is -0.167. The minimum atomic E-state index is -0.700. The molecular weight excluding hydrogens is 357 g/mol. The Kier molecular flexibility index (Phi) is 4.13. The van der Waals surface area contributed by atoms with Crippen LogP contribution in [0.15, 0.2) is 24.5 Å². The van der Waals surface area contributed by atoms with Gasteiger partial charge in [-0.15, -0.1) is 5.10 Å². The number of benzene rings is 1. The Morgan fingerprint density at radius 3 is 2.93 bits per heavy atom. The highest BCUT2D eigenvalue weighted by atomic mass is 19.1. The first kappa shape index (κ1) is 17.2. The first-order valence-corrected chi connectivity index (χ1v) is 8.49. The molecule has 0 unspecified atom stereocenters. The molecule has 10 nitrogen and oxygen atoms in total. The third-order valence-electron chi connectivity index (χ3n) is 4.77. The monoisotopic (exact) mass is 375 g/mol. The summed E-state index contributed by atoms with van der Waals surface area (Å²) in [7, 11) is 1.66. The number of likely N-dealkylation sites (tertiary alicyclic amines) is 1. The standard InChI is InChI=1S/C16H18FN7O3/c1-22-8-16(27-15(22)26)5-2-6-23(9-16)14(25)19-13-7-11(3-4-12(13)17)24-10-18-20-21-24/h3-4,7,10H,2,5-6,8-9H2,1H3,(H,19,25)/t16-/m0/s1. The molecule has 0 bridgehead atoms. The van der Waals surface area contributed by atoms with Crippen LogP contribution in [0.2, 0.25) is 0 Å². The number of rotatable bonds is 2. The normalized spacial score (nSPS) is 22.2. The van der Waals surface area contributed by atoms with E-state index in [0.717, 1.165) is 0 Å². The summed E-state index contributed by atoms with van der Waals surface area (Å²) in [5.74, 6) is -0.570. The van der Waals surface area contributed by atoms with Gasteiger partial charge in [0, 0.05) is 13.6 Å². The number of halogens is 1. The van der Waals surface area contributed by atoms with Crippen LogP contribution < -0.4 is 5.32 Å². The lowest BCUT2D eigenvalue weighted by Crippen LogP contribution is -2.53. The fourth-order valence-corrected chi connectivity index (χ4v) is 3.50. The van der Waals surface area contributed by atoms with Gasteiger partial charge in [0.2, 0.25) is 0 Å². The van der Waals surface area contributed by atoms with E-state index in [0.29, 0.717) is 31.6 Å². The molecule has 11 heteroatoms. The molecule has 2 saturated heterocycles. The Morgan fingerprint density at radius 2 is 2.22 bits per heavy atom. The van der Waals surface area contributed by atoms with Gasteiger partial charge in [-0.25, -0.2) is 18.7 Å². The van der Waals surface area contributed by atoms with Crippen LogP contribution in [0.5, 0.6) is 0 Å². The molecule has 1 atom stereocenters. The van der Waals surface area contributed by atoms with Crippen LogP contribution in [-0.2, 0) is 4.74 Å². The maximum absolute atomic E-state index is 14.2. The van der Waals surface area contributed by atoms with Gasteiger partial charge in [0.25, 0.3) is 0 Å². The number of hydrogen-bond donors (Lipinski definition) is 1. The van der Waals surface area contributed by atoms with Crippen LogP contribution in [0.25, 0.3) is 5.69 Å². The number of tetrazole rings is 1. The zero-order chi connectivity index (χ0) is 19.0. The van der Waals surface area contributed by atoms with Crippen LogP contribution in [0.4, 0.5) is 19.7 Å². The third kappa shape index (κ3) is 3.27. The van der Waals surface area contributed by atoms with E-state index in [1.54, 1.807) is 11.9 Å². The molecule has 0 aliphatic carbocycles. The number of ether oxygens (including phenoxy) is 1. The van der Waals surface area contributed by atoms with Crippen molar-refractivity contribution in [3.63, 3.8) is 0 Å². The molecule has 1 spiro atoms. The van der Waals surface area contributed by atoms with E-state index in [9.17, 15) is 14.0 Å². The summed E-state index contributed by atoms with van der Waals surface area (Å²) in [6, 6.07) is 3.74. The van der Waals surface area contributed by atoms with Gasteiger partial charge in [-0.2, -0.15) is 0 Å². The molecule has 3 heterocycles. The second-order valence-electron chi connectivity index (χ2n) is 6.78. The van der Waals surface area contributed by atoms with E-state index >= 15 is 0 Å². The molecule has 1 aromatic heterocycles. The zero-order valence-corrected chi connectivity index (χ0v) is 14.6. The summed E-state index contributed by atoms with van der Waals surface area (Å²) in [6.45, 7) is 1.20. The van der Waals surface area contributed by atoms with Gasteiger partial charge in [-0.05, 0) is 41.5 Å². The number of nitrogens with one attached hydrogen (secondary N) is 1. The molecular formula is C16H18FN7O3. The highest BCUT2D eigenvalue weighted by molar-refractivity contribution is 5.90. The predicted octanol–water partition coefficient (Wildman–Crippen LogP) is 1.25. The highest BCUT2D eigenvalue weighted by Gasteiger charge is 2.47. The quantitative estimate of drug-likeness (QED) is 0.847. The van der Waals surface area contributed by atoms with Crippen LogP contribution in [0.1, 0.15) is 12.8 Å². The average molecular weight is 375 g/mol. The maximum atomic E-state index is 14.2. The lowest BCUT2D eigenvalue weighted by Gasteiger charge is -2.38. The zero-order valence-electron chi connectivity index (χ0n) is 14.6. The molecule has 2 fully saturated rings. The fraction of sp³-hybridized carbons (Fsp3) is 0.438. The summed E-state index contributed by atoms with van der Waals surface area (Å²) >= 11 is 0. The minimum absolute atomic E-state index is 0.0214. The number of amides is 3. The molecule has 0 saturated carbocycles. The second-order valence-corrected chi connectivity index (χ2v) is 6.78. The van der Waals surface area contributed by atoms with Crippen LogP contribution in [0, 0.1) is 5.82 Å². The minimum Gasteiger partial charge on any atom is -0.439 e. The molecule has 1 aromatic carbocycles. The Morgan fingerprint density at radius 1 is 1.37 bits per heavy atom. The third-order valence-corrected chi connectivity index (χ3v) is 4.77. The van der Waals surface area contributed by atoms with Crippen molar-refractivity contribution in [2.24, 2.45) is 0 Å². The number of aromatic nitrogens is 4. The lowest BCUT2D eigenvalue weighted by atomic mass is 9.93. The molecule has 27 heavy (non-hydrogen) atoms. The SMILES string of the molecule is CN1C[C@]2(CCCN(C(=O)Nc3cc(-n4cnnn4)ccc3F)C2)OC1=O. The van der Waals surface area contributed by atoms with E-state index in [4.69, 9.17) is 4.74 Å². The molecule has 3 amide bonds. The molecule has 4 rings (SSSR count). The van der Waals surface area contributed by atoms with E-state index in [1.165, 1.54) is 34.1 Å². The molecule has 142 valence electrons. The topological polar surface area (TPSA) is 105 Å². The smallest absolute Gasteiger partial charge is 0.410 e. The van der Waals surface area contributed by atoms with Crippen molar-refractivity contribution < 1.29 is 18.7 Å². The number of nitrogens with zero attached hydrogens (tertiary/aromatic N) is 6. The number of carbonyl (C=O) groups is 2. The summed E-state index contributed by atoms with van der Waals surface area (Å²) in [4.78, 5) is 27.4. The van der Waals surface area contributed by atoms with Crippen molar-refractivity contribution in [2.75, 3.05) is 32.0 Å². The maximum Gasteiger partial charge on any atom is 0.410 e. The van der Waals surface area contributed by atoms with E-state index < -0.39 is 23.5 Å². The van der Waals surface area contributed by atoms with E-state index in [-0.39, 0.29) is 12.2 Å². The van der Waals surface area contributed by atoms with Crippen molar-refractivity contribution in [1.29, 1.82) is 0 Å². The summed E-state index contributed by atoms with van der Waals surface area (Å²) < 4.78 is 21.0. The molecule has 2 aliphatic rings. The first-order chi connectivity index (χ1) is 13.0. The average Bonchev–Trinajstić information content (AvgIpc) is 3.26. The summed E-state index contributed by atoms with van der Waals surface area (Å²) in [5, 5.41) is 13.4. The Labute approximate surface area is 153 Å². The largest absolute Gasteiger partial charge is 0.439 e.